The van der Waals surface area contributed by atoms with Gasteiger partial charge in [0.25, 0.3) is 5.91 Å². The van der Waals surface area contributed by atoms with Gasteiger partial charge < -0.3 is 0 Å². The van der Waals surface area contributed by atoms with Crippen LogP contribution in [0.1, 0.15) is 29.3 Å². The van der Waals surface area contributed by atoms with E-state index >= 15 is 0 Å². The third-order valence-electron chi connectivity index (χ3n) is 4.29. The van der Waals surface area contributed by atoms with Gasteiger partial charge in [0.2, 0.25) is 17.7 Å². The highest BCUT2D eigenvalue weighted by Gasteiger charge is 2.62. The summed E-state index contributed by atoms with van der Waals surface area (Å²) in [5.74, 6) is -2.19. The number of fused-ring (bicyclic) bond motifs is 2. The molecule has 4 amide bonds. The highest BCUT2D eigenvalue weighted by molar-refractivity contribution is 6.32. The van der Waals surface area contributed by atoms with Crippen LogP contribution in [0.5, 0.6) is 0 Å². The first kappa shape index (κ1) is 14.7. The molecule has 7 heteroatoms. The van der Waals surface area contributed by atoms with Crippen molar-refractivity contribution in [3.8, 4) is 0 Å². The van der Waals surface area contributed by atoms with Crippen molar-refractivity contribution in [1.29, 1.82) is 0 Å². The van der Waals surface area contributed by atoms with Crippen molar-refractivity contribution in [3.63, 3.8) is 0 Å². The number of likely N-dealkylation sites (tertiary alicyclic amines) is 1. The van der Waals surface area contributed by atoms with Gasteiger partial charge in [0.05, 0.1) is 6.42 Å². The fourth-order valence-corrected chi connectivity index (χ4v) is 3.34. The SMILES string of the molecule is CCN1C(=O)CC2(C(=O)N(C)C(=O)c3ccc(Cl)cc32)C1=O. The van der Waals surface area contributed by atoms with Crippen LogP contribution in [0.15, 0.2) is 18.2 Å². The summed E-state index contributed by atoms with van der Waals surface area (Å²) < 4.78 is 0. The molecule has 6 nitrogen and oxygen atoms in total. The van der Waals surface area contributed by atoms with Crippen LogP contribution < -0.4 is 0 Å². The summed E-state index contributed by atoms with van der Waals surface area (Å²) in [6.45, 7) is 1.84. The van der Waals surface area contributed by atoms with Crippen molar-refractivity contribution in [2.75, 3.05) is 13.6 Å². The number of likely N-dealkylation sites (N-methyl/N-ethyl adjacent to an activating group) is 2. The summed E-state index contributed by atoms with van der Waals surface area (Å²) in [5.41, 5.74) is -1.22. The monoisotopic (exact) mass is 320 g/mol. The lowest BCUT2D eigenvalue weighted by molar-refractivity contribution is -0.145. The molecule has 1 aromatic carbocycles. The molecule has 0 radical (unpaired) electrons. The van der Waals surface area contributed by atoms with Gasteiger partial charge in [-0.3, -0.25) is 29.0 Å². The van der Waals surface area contributed by atoms with Gasteiger partial charge in [-0.1, -0.05) is 11.6 Å². The first-order valence-corrected chi connectivity index (χ1v) is 7.19. The zero-order valence-corrected chi connectivity index (χ0v) is 12.8. The molecule has 1 saturated heterocycles. The van der Waals surface area contributed by atoms with E-state index in [-0.39, 0.29) is 24.1 Å². The van der Waals surface area contributed by atoms with Crippen molar-refractivity contribution in [2.24, 2.45) is 0 Å². The Balaban J connectivity index is 2.32. The molecule has 22 heavy (non-hydrogen) atoms. The zero-order valence-electron chi connectivity index (χ0n) is 12.1. The average molecular weight is 321 g/mol. The maximum absolute atomic E-state index is 12.8. The third-order valence-corrected chi connectivity index (χ3v) is 4.53. The Morgan fingerprint density at radius 3 is 2.45 bits per heavy atom. The lowest BCUT2D eigenvalue weighted by Gasteiger charge is -2.36. The maximum Gasteiger partial charge on any atom is 0.260 e. The first-order chi connectivity index (χ1) is 10.3. The van der Waals surface area contributed by atoms with E-state index in [0.29, 0.717) is 5.02 Å². The maximum atomic E-state index is 12.8. The quantitative estimate of drug-likeness (QED) is 0.571. The fourth-order valence-electron chi connectivity index (χ4n) is 3.17. The third kappa shape index (κ3) is 1.61. The van der Waals surface area contributed by atoms with Crippen LogP contribution in [-0.4, -0.2) is 47.0 Å². The Hall–Kier alpha value is -2.21. The van der Waals surface area contributed by atoms with Crippen LogP contribution in [0, 0.1) is 0 Å². The Morgan fingerprint density at radius 2 is 1.86 bits per heavy atom. The summed E-state index contributed by atoms with van der Waals surface area (Å²) in [6.07, 6.45) is -0.274. The minimum Gasteiger partial charge on any atom is -0.282 e. The molecule has 1 fully saturated rings. The highest BCUT2D eigenvalue weighted by atomic mass is 35.5. The molecule has 0 aliphatic carbocycles. The van der Waals surface area contributed by atoms with Crippen LogP contribution in [0.3, 0.4) is 0 Å². The van der Waals surface area contributed by atoms with E-state index in [9.17, 15) is 19.2 Å². The summed E-state index contributed by atoms with van der Waals surface area (Å²) in [6, 6.07) is 4.44. The van der Waals surface area contributed by atoms with Gasteiger partial charge >= 0.3 is 0 Å². The van der Waals surface area contributed by atoms with Gasteiger partial charge in [0.1, 0.15) is 0 Å². The Labute approximate surface area is 131 Å². The molecule has 0 N–H and O–H groups in total. The van der Waals surface area contributed by atoms with Crippen LogP contribution in [0.2, 0.25) is 5.02 Å². The minimum absolute atomic E-state index is 0.181. The van der Waals surface area contributed by atoms with Gasteiger partial charge in [-0.05, 0) is 30.7 Å². The number of imide groups is 2. The van der Waals surface area contributed by atoms with E-state index in [4.69, 9.17) is 11.6 Å². The van der Waals surface area contributed by atoms with Crippen molar-refractivity contribution >= 4 is 35.2 Å². The van der Waals surface area contributed by atoms with Gasteiger partial charge in [-0.2, -0.15) is 0 Å². The molecule has 2 heterocycles. The molecular formula is C15H13ClN2O4. The molecule has 1 unspecified atom stereocenters. The summed E-state index contributed by atoms with van der Waals surface area (Å²) in [4.78, 5) is 51.8. The Morgan fingerprint density at radius 1 is 1.18 bits per heavy atom. The van der Waals surface area contributed by atoms with Crippen LogP contribution in [-0.2, 0) is 19.8 Å². The first-order valence-electron chi connectivity index (χ1n) is 6.82. The van der Waals surface area contributed by atoms with Crippen LogP contribution >= 0.6 is 11.6 Å². The molecule has 114 valence electrons. The standard InChI is InChI=1S/C15H13ClN2O4/c1-3-18-11(19)7-15(14(18)22)10-6-8(16)4-5-9(10)12(20)17(2)13(15)21/h4-6H,3,7H2,1-2H3. The van der Waals surface area contributed by atoms with Gasteiger partial charge in [-0.15, -0.1) is 0 Å². The average Bonchev–Trinajstić information content (AvgIpc) is 2.75. The van der Waals surface area contributed by atoms with Crippen LogP contribution in [0.4, 0.5) is 0 Å². The molecule has 0 bridgehead atoms. The van der Waals surface area contributed by atoms with Crippen molar-refractivity contribution in [1.82, 2.24) is 9.80 Å². The number of amides is 4. The van der Waals surface area contributed by atoms with Crippen molar-refractivity contribution in [3.05, 3.63) is 34.3 Å². The van der Waals surface area contributed by atoms with Crippen molar-refractivity contribution in [2.45, 2.75) is 18.8 Å². The molecular weight excluding hydrogens is 308 g/mol. The molecule has 0 saturated carbocycles. The predicted molar refractivity (Wildman–Crippen MR) is 77.2 cm³/mol. The number of hydrogen-bond acceptors (Lipinski definition) is 4. The number of carbonyl (C=O) groups is 4. The molecule has 0 aromatic heterocycles. The fraction of sp³-hybridized carbons (Fsp3) is 0.333. The second-order valence-corrected chi connectivity index (χ2v) is 5.82. The number of benzene rings is 1. The number of nitrogens with zero attached hydrogens (tertiary/aromatic N) is 2. The Bertz CT molecular complexity index is 745. The molecule has 1 aromatic rings. The summed E-state index contributed by atoms with van der Waals surface area (Å²) in [7, 11) is 1.32. The summed E-state index contributed by atoms with van der Waals surface area (Å²) in [5, 5.41) is 0.304. The van der Waals surface area contributed by atoms with E-state index < -0.39 is 29.0 Å². The Kier molecular flexibility index (Phi) is 3.11. The van der Waals surface area contributed by atoms with Crippen LogP contribution in [0.25, 0.3) is 0 Å². The largest absolute Gasteiger partial charge is 0.282 e. The molecule has 3 rings (SSSR count). The number of hydrogen-bond donors (Lipinski definition) is 0. The lowest BCUT2D eigenvalue weighted by atomic mass is 9.73. The normalized spacial score (nSPS) is 24.5. The van der Waals surface area contributed by atoms with Crippen molar-refractivity contribution < 1.29 is 19.2 Å². The molecule has 1 spiro atoms. The van der Waals surface area contributed by atoms with E-state index in [0.717, 1.165) is 9.80 Å². The number of carbonyl (C=O) groups excluding carboxylic acids is 4. The molecule has 2 aliphatic heterocycles. The van der Waals surface area contributed by atoms with E-state index in [1.165, 1.54) is 25.2 Å². The van der Waals surface area contributed by atoms with E-state index in [1.807, 2.05) is 0 Å². The van der Waals surface area contributed by atoms with E-state index in [1.54, 1.807) is 6.92 Å². The lowest BCUT2D eigenvalue weighted by Crippen LogP contribution is -2.56. The summed E-state index contributed by atoms with van der Waals surface area (Å²) >= 11 is 5.98. The zero-order chi connectivity index (χ0) is 16.2. The molecule has 2 aliphatic rings. The van der Waals surface area contributed by atoms with Gasteiger partial charge in [0, 0.05) is 24.2 Å². The number of rotatable bonds is 1. The second kappa shape index (κ2) is 4.64. The van der Waals surface area contributed by atoms with Gasteiger partial charge in [-0.25, -0.2) is 0 Å². The smallest absolute Gasteiger partial charge is 0.260 e. The molecule has 1 atom stereocenters. The van der Waals surface area contributed by atoms with E-state index in [2.05, 4.69) is 0 Å². The second-order valence-electron chi connectivity index (χ2n) is 5.38. The highest BCUT2D eigenvalue weighted by Crippen LogP contribution is 2.43. The number of halogens is 1. The predicted octanol–water partition coefficient (Wildman–Crippen LogP) is 0.969. The van der Waals surface area contributed by atoms with Gasteiger partial charge in [0.15, 0.2) is 5.41 Å². The minimum atomic E-state index is -1.67. The topological polar surface area (TPSA) is 74.8 Å².